The molecule has 0 saturated heterocycles. The standard InChI is InChI=1S/C17H14F5NO4S/c1-9-6-13(15(24)23-28(2,25)26)14(18)8-12(9)10-4-3-5-11(7-10)27-17(21,22)16(19)20/h3-8,16H,1-2H3,(H,23,24). The molecule has 0 fully saturated rings. The van der Waals surface area contributed by atoms with Crippen LogP contribution in [0.4, 0.5) is 22.0 Å². The van der Waals surface area contributed by atoms with Crippen LogP contribution in [0, 0.1) is 12.7 Å². The molecule has 1 amide bonds. The van der Waals surface area contributed by atoms with Gasteiger partial charge in [-0.25, -0.2) is 17.5 Å². The highest BCUT2D eigenvalue weighted by Crippen LogP contribution is 2.32. The number of amides is 1. The molecule has 0 aliphatic rings. The zero-order valence-corrected chi connectivity index (χ0v) is 15.3. The van der Waals surface area contributed by atoms with Crippen molar-refractivity contribution in [1.29, 1.82) is 0 Å². The highest BCUT2D eigenvalue weighted by Gasteiger charge is 2.44. The first kappa shape index (κ1) is 21.6. The smallest absolute Gasteiger partial charge is 0.428 e. The zero-order chi connectivity index (χ0) is 21.3. The van der Waals surface area contributed by atoms with Gasteiger partial charge in [0.1, 0.15) is 11.6 Å². The van der Waals surface area contributed by atoms with Gasteiger partial charge in [-0.1, -0.05) is 12.1 Å². The van der Waals surface area contributed by atoms with E-state index in [1.54, 1.807) is 4.72 Å². The first-order valence-corrected chi connectivity index (χ1v) is 9.47. The number of sulfonamides is 1. The molecule has 0 bridgehead atoms. The van der Waals surface area contributed by atoms with Crippen LogP contribution in [0.2, 0.25) is 0 Å². The summed E-state index contributed by atoms with van der Waals surface area (Å²) in [6, 6.07) is 6.65. The van der Waals surface area contributed by atoms with Crippen molar-refractivity contribution in [3.8, 4) is 16.9 Å². The van der Waals surface area contributed by atoms with Crippen LogP contribution < -0.4 is 9.46 Å². The SMILES string of the molecule is Cc1cc(C(=O)NS(C)(=O)=O)c(F)cc1-c1cccc(OC(F)(F)C(F)F)c1. The van der Waals surface area contributed by atoms with Crippen molar-refractivity contribution in [2.24, 2.45) is 0 Å². The van der Waals surface area contributed by atoms with Crippen molar-refractivity contribution in [1.82, 2.24) is 4.72 Å². The number of benzene rings is 2. The van der Waals surface area contributed by atoms with E-state index in [-0.39, 0.29) is 11.1 Å². The van der Waals surface area contributed by atoms with Crippen LogP contribution in [-0.4, -0.2) is 33.1 Å². The topological polar surface area (TPSA) is 72.5 Å². The molecule has 1 N–H and O–H groups in total. The summed E-state index contributed by atoms with van der Waals surface area (Å²) in [5, 5.41) is 0. The molecule has 0 radical (unpaired) electrons. The van der Waals surface area contributed by atoms with Crippen LogP contribution in [0.1, 0.15) is 15.9 Å². The number of hydrogen-bond acceptors (Lipinski definition) is 4. The van der Waals surface area contributed by atoms with E-state index in [0.29, 0.717) is 5.56 Å². The lowest BCUT2D eigenvalue weighted by Gasteiger charge is -2.17. The van der Waals surface area contributed by atoms with Crippen molar-refractivity contribution in [2.75, 3.05) is 6.26 Å². The largest absolute Gasteiger partial charge is 0.461 e. The fraction of sp³-hybridized carbons (Fsp3) is 0.235. The number of ether oxygens (including phenoxy) is 1. The van der Waals surface area contributed by atoms with Crippen molar-refractivity contribution < 1.29 is 39.9 Å². The molecular weight excluding hydrogens is 409 g/mol. The molecule has 2 aromatic carbocycles. The third kappa shape index (κ3) is 5.18. The molecule has 0 aliphatic heterocycles. The number of nitrogens with one attached hydrogen (secondary N) is 1. The lowest BCUT2D eigenvalue weighted by molar-refractivity contribution is -0.253. The molecular formula is C17H14F5NO4S. The van der Waals surface area contributed by atoms with E-state index >= 15 is 0 Å². The van der Waals surface area contributed by atoms with Gasteiger partial charge in [0.2, 0.25) is 10.0 Å². The molecule has 11 heteroatoms. The highest BCUT2D eigenvalue weighted by molar-refractivity contribution is 7.89. The lowest BCUT2D eigenvalue weighted by atomic mass is 9.97. The molecule has 5 nitrogen and oxygen atoms in total. The number of halogens is 5. The fourth-order valence-electron chi connectivity index (χ4n) is 2.32. The minimum atomic E-state index is -4.70. The number of aryl methyl sites for hydroxylation is 1. The molecule has 2 rings (SSSR count). The van der Waals surface area contributed by atoms with Gasteiger partial charge >= 0.3 is 12.5 Å². The maximum absolute atomic E-state index is 14.3. The Morgan fingerprint density at radius 3 is 2.39 bits per heavy atom. The quantitative estimate of drug-likeness (QED) is 0.719. The average molecular weight is 423 g/mol. The molecule has 0 aliphatic carbocycles. The second-order valence-electron chi connectivity index (χ2n) is 5.84. The lowest BCUT2D eigenvalue weighted by Crippen LogP contribution is -2.33. The van der Waals surface area contributed by atoms with Gasteiger partial charge in [0.05, 0.1) is 11.8 Å². The van der Waals surface area contributed by atoms with Crippen molar-refractivity contribution in [2.45, 2.75) is 19.5 Å². The van der Waals surface area contributed by atoms with Gasteiger partial charge in [-0.05, 0) is 47.9 Å². The molecule has 0 aromatic heterocycles. The van der Waals surface area contributed by atoms with Gasteiger partial charge in [-0.15, -0.1) is 0 Å². The van der Waals surface area contributed by atoms with Crippen LogP contribution in [0.15, 0.2) is 36.4 Å². The van der Waals surface area contributed by atoms with E-state index in [0.717, 1.165) is 30.5 Å². The summed E-state index contributed by atoms with van der Waals surface area (Å²) in [5.41, 5.74) is 0.0920. The number of carbonyl (C=O) groups is 1. The minimum Gasteiger partial charge on any atom is -0.428 e. The predicted octanol–water partition coefficient (Wildman–Crippen LogP) is 3.73. The number of rotatable bonds is 6. The Bertz CT molecular complexity index is 1010. The first-order valence-electron chi connectivity index (χ1n) is 7.58. The van der Waals surface area contributed by atoms with Crippen LogP contribution in [0.5, 0.6) is 5.75 Å². The summed E-state index contributed by atoms with van der Waals surface area (Å²) < 4.78 is 92.8. The van der Waals surface area contributed by atoms with Crippen LogP contribution in [-0.2, 0) is 10.0 Å². The van der Waals surface area contributed by atoms with Gasteiger partial charge < -0.3 is 4.74 Å². The molecule has 0 atom stereocenters. The normalized spacial score (nSPS) is 12.1. The van der Waals surface area contributed by atoms with Crippen LogP contribution in [0.25, 0.3) is 11.1 Å². The Balaban J connectivity index is 2.40. The maximum atomic E-state index is 14.3. The Morgan fingerprint density at radius 1 is 1.18 bits per heavy atom. The average Bonchev–Trinajstić information content (AvgIpc) is 2.54. The molecule has 0 spiro atoms. The van der Waals surface area contributed by atoms with Gasteiger partial charge in [0.15, 0.2) is 0 Å². The van der Waals surface area contributed by atoms with Gasteiger partial charge in [-0.3, -0.25) is 4.79 Å². The van der Waals surface area contributed by atoms with Crippen molar-refractivity contribution in [3.63, 3.8) is 0 Å². The van der Waals surface area contributed by atoms with E-state index in [1.165, 1.54) is 19.1 Å². The van der Waals surface area contributed by atoms with Crippen LogP contribution in [0.3, 0.4) is 0 Å². The second kappa shape index (κ2) is 7.74. The molecule has 2 aromatic rings. The highest BCUT2D eigenvalue weighted by atomic mass is 32.2. The number of alkyl halides is 4. The van der Waals surface area contributed by atoms with E-state index in [2.05, 4.69) is 4.74 Å². The van der Waals surface area contributed by atoms with Gasteiger partial charge in [0.25, 0.3) is 5.91 Å². The molecule has 28 heavy (non-hydrogen) atoms. The number of hydrogen-bond donors (Lipinski definition) is 1. The van der Waals surface area contributed by atoms with E-state index in [1.807, 2.05) is 0 Å². The van der Waals surface area contributed by atoms with Crippen molar-refractivity contribution in [3.05, 3.63) is 53.3 Å². The Morgan fingerprint density at radius 2 is 1.82 bits per heavy atom. The summed E-state index contributed by atoms with van der Waals surface area (Å²) in [6.45, 7) is 1.47. The third-order valence-corrected chi connectivity index (χ3v) is 4.05. The Labute approximate surface area is 157 Å². The minimum absolute atomic E-state index is 0.161. The maximum Gasteiger partial charge on any atom is 0.461 e. The van der Waals surface area contributed by atoms with Crippen molar-refractivity contribution >= 4 is 15.9 Å². The van der Waals surface area contributed by atoms with Gasteiger partial charge in [-0.2, -0.15) is 17.6 Å². The van der Waals surface area contributed by atoms with E-state index in [4.69, 9.17) is 0 Å². The summed E-state index contributed by atoms with van der Waals surface area (Å²) in [7, 11) is -3.91. The predicted molar refractivity (Wildman–Crippen MR) is 90.5 cm³/mol. The number of carbonyl (C=O) groups excluding carboxylic acids is 1. The van der Waals surface area contributed by atoms with E-state index < -0.39 is 45.6 Å². The summed E-state index contributed by atoms with van der Waals surface area (Å²) in [5.74, 6) is -2.81. The molecule has 0 heterocycles. The van der Waals surface area contributed by atoms with Crippen LogP contribution >= 0.6 is 0 Å². The first-order chi connectivity index (χ1) is 12.8. The second-order valence-corrected chi connectivity index (χ2v) is 7.59. The Hall–Kier alpha value is -2.69. The monoisotopic (exact) mass is 423 g/mol. The summed E-state index contributed by atoms with van der Waals surface area (Å²) >= 11 is 0. The molecule has 152 valence electrons. The summed E-state index contributed by atoms with van der Waals surface area (Å²) in [4.78, 5) is 11.9. The zero-order valence-electron chi connectivity index (χ0n) is 14.5. The third-order valence-electron chi connectivity index (χ3n) is 3.49. The van der Waals surface area contributed by atoms with E-state index in [9.17, 15) is 35.2 Å². The molecule has 0 unspecified atom stereocenters. The Kier molecular flexibility index (Phi) is 5.97. The molecule has 0 saturated carbocycles. The fourth-order valence-corrected chi connectivity index (χ4v) is 2.77. The summed E-state index contributed by atoms with van der Waals surface area (Å²) in [6.07, 6.45) is -8.01. The van der Waals surface area contributed by atoms with Gasteiger partial charge in [0, 0.05) is 0 Å².